The highest BCUT2D eigenvalue weighted by Crippen LogP contribution is 2.22. The van der Waals surface area contributed by atoms with Gasteiger partial charge in [0.05, 0.1) is 11.5 Å². The smallest absolute Gasteiger partial charge is 0.152 e. The van der Waals surface area contributed by atoms with E-state index in [1.54, 1.807) is 0 Å². The second kappa shape index (κ2) is 5.46. The van der Waals surface area contributed by atoms with Crippen LogP contribution in [0.1, 0.15) is 17.7 Å². The molecule has 0 aromatic carbocycles. The number of pyridine rings is 1. The number of hydrogen-bond donors (Lipinski definition) is 1. The molecule has 0 radical (unpaired) electrons. The second-order valence-corrected chi connectivity index (χ2v) is 7.34. The van der Waals surface area contributed by atoms with Crippen molar-refractivity contribution in [3.63, 3.8) is 0 Å². The van der Waals surface area contributed by atoms with Crippen molar-refractivity contribution >= 4 is 15.7 Å². The van der Waals surface area contributed by atoms with Crippen LogP contribution in [0, 0.1) is 6.92 Å². The van der Waals surface area contributed by atoms with Crippen LogP contribution < -0.4 is 10.2 Å². The van der Waals surface area contributed by atoms with Gasteiger partial charge in [-0.3, -0.25) is 0 Å². The molecule has 1 unspecified atom stereocenters. The Hall–Kier alpha value is -1.14. The van der Waals surface area contributed by atoms with Gasteiger partial charge in [-0.15, -0.1) is 0 Å². The minimum absolute atomic E-state index is 0.0482. The predicted octanol–water partition coefficient (Wildman–Crippen LogP) is 0.733. The molecule has 1 atom stereocenters. The molecule has 0 saturated carbocycles. The minimum atomic E-state index is -2.85. The van der Waals surface area contributed by atoms with Crippen LogP contribution in [0.5, 0.6) is 0 Å². The van der Waals surface area contributed by atoms with Crippen LogP contribution >= 0.6 is 0 Å². The molecule has 106 valence electrons. The van der Waals surface area contributed by atoms with E-state index in [1.807, 2.05) is 38.1 Å². The molecule has 1 aromatic heterocycles. The SMILES string of the molecule is CNCc1ccc(N(C)C2CCS(=O)(=O)C2)nc1C. The molecule has 2 heterocycles. The lowest BCUT2D eigenvalue weighted by Gasteiger charge is -2.25. The van der Waals surface area contributed by atoms with Crippen LogP contribution in [-0.2, 0) is 16.4 Å². The number of anilines is 1. The molecule has 1 fully saturated rings. The zero-order chi connectivity index (χ0) is 14.0. The average Bonchev–Trinajstić information content (AvgIpc) is 2.71. The first kappa shape index (κ1) is 14.3. The Labute approximate surface area is 114 Å². The summed E-state index contributed by atoms with van der Waals surface area (Å²) in [5.74, 6) is 1.38. The molecule has 0 spiro atoms. The molecule has 5 nitrogen and oxygen atoms in total. The molecular formula is C13H21N3O2S. The molecule has 1 aromatic rings. The summed E-state index contributed by atoms with van der Waals surface area (Å²) < 4.78 is 23.1. The van der Waals surface area contributed by atoms with Gasteiger partial charge in [-0.2, -0.15) is 0 Å². The fraction of sp³-hybridized carbons (Fsp3) is 0.615. The van der Waals surface area contributed by atoms with E-state index in [4.69, 9.17) is 0 Å². The van der Waals surface area contributed by atoms with E-state index >= 15 is 0 Å². The van der Waals surface area contributed by atoms with Crippen LogP contribution in [0.15, 0.2) is 12.1 Å². The number of aryl methyl sites for hydroxylation is 1. The van der Waals surface area contributed by atoms with Crippen LogP contribution in [0.25, 0.3) is 0 Å². The molecule has 0 aliphatic carbocycles. The lowest BCUT2D eigenvalue weighted by molar-refractivity contribution is 0.600. The molecule has 1 aliphatic rings. The van der Waals surface area contributed by atoms with Gasteiger partial charge in [0.1, 0.15) is 5.82 Å². The second-order valence-electron chi connectivity index (χ2n) is 5.11. The summed E-state index contributed by atoms with van der Waals surface area (Å²) >= 11 is 0. The summed E-state index contributed by atoms with van der Waals surface area (Å²) in [6, 6.07) is 4.06. The maximum atomic E-state index is 11.5. The van der Waals surface area contributed by atoms with E-state index < -0.39 is 9.84 Å². The number of nitrogens with one attached hydrogen (secondary N) is 1. The van der Waals surface area contributed by atoms with Crippen molar-refractivity contribution < 1.29 is 8.42 Å². The molecule has 19 heavy (non-hydrogen) atoms. The zero-order valence-electron chi connectivity index (χ0n) is 11.7. The Kier molecular flexibility index (Phi) is 4.10. The number of rotatable bonds is 4. The Morgan fingerprint density at radius 3 is 2.74 bits per heavy atom. The van der Waals surface area contributed by atoms with Gasteiger partial charge >= 0.3 is 0 Å². The summed E-state index contributed by atoms with van der Waals surface area (Å²) in [6.07, 6.45) is 0.692. The van der Waals surface area contributed by atoms with E-state index in [1.165, 1.54) is 5.56 Å². The maximum Gasteiger partial charge on any atom is 0.152 e. The summed E-state index contributed by atoms with van der Waals surface area (Å²) in [7, 11) is 0.972. The van der Waals surface area contributed by atoms with Crippen LogP contribution in [-0.4, -0.2) is 45.0 Å². The lowest BCUT2D eigenvalue weighted by Crippen LogP contribution is -2.33. The van der Waals surface area contributed by atoms with Gasteiger partial charge in [0.15, 0.2) is 9.84 Å². The van der Waals surface area contributed by atoms with Gasteiger partial charge in [-0.25, -0.2) is 13.4 Å². The summed E-state index contributed by atoms with van der Waals surface area (Å²) in [5.41, 5.74) is 2.15. The van der Waals surface area contributed by atoms with E-state index in [0.29, 0.717) is 12.2 Å². The number of hydrogen-bond acceptors (Lipinski definition) is 5. The highest BCUT2D eigenvalue weighted by atomic mass is 32.2. The van der Waals surface area contributed by atoms with Crippen LogP contribution in [0.4, 0.5) is 5.82 Å². The molecule has 0 amide bonds. The van der Waals surface area contributed by atoms with Crippen molar-refractivity contribution in [2.45, 2.75) is 25.9 Å². The molecule has 0 bridgehead atoms. The monoisotopic (exact) mass is 283 g/mol. The first-order valence-corrected chi connectivity index (χ1v) is 8.29. The normalized spacial score (nSPS) is 21.5. The minimum Gasteiger partial charge on any atom is -0.356 e. The Morgan fingerprint density at radius 2 is 2.21 bits per heavy atom. The van der Waals surface area contributed by atoms with E-state index in [9.17, 15) is 8.42 Å². The lowest BCUT2D eigenvalue weighted by atomic mass is 10.2. The largest absolute Gasteiger partial charge is 0.356 e. The first-order chi connectivity index (χ1) is 8.93. The number of sulfone groups is 1. The molecular weight excluding hydrogens is 262 g/mol. The Bertz CT molecular complexity index is 557. The first-order valence-electron chi connectivity index (χ1n) is 6.47. The third-order valence-electron chi connectivity index (χ3n) is 3.67. The summed E-state index contributed by atoms with van der Waals surface area (Å²) in [4.78, 5) is 6.56. The van der Waals surface area contributed by atoms with Gasteiger partial charge in [0, 0.05) is 25.3 Å². The Morgan fingerprint density at radius 1 is 1.47 bits per heavy atom. The third kappa shape index (κ3) is 3.25. The fourth-order valence-corrected chi connectivity index (χ4v) is 4.19. The van der Waals surface area contributed by atoms with Gasteiger partial charge in [-0.1, -0.05) is 6.07 Å². The molecule has 6 heteroatoms. The van der Waals surface area contributed by atoms with Gasteiger partial charge in [-0.05, 0) is 32.0 Å². The van der Waals surface area contributed by atoms with Crippen LogP contribution in [0.2, 0.25) is 0 Å². The van der Waals surface area contributed by atoms with E-state index in [0.717, 1.165) is 18.1 Å². The van der Waals surface area contributed by atoms with Gasteiger partial charge < -0.3 is 10.2 Å². The van der Waals surface area contributed by atoms with Crippen molar-refractivity contribution in [2.24, 2.45) is 0 Å². The zero-order valence-corrected chi connectivity index (χ0v) is 12.5. The number of aromatic nitrogens is 1. The van der Waals surface area contributed by atoms with Crippen molar-refractivity contribution in [3.05, 3.63) is 23.4 Å². The fourth-order valence-electron chi connectivity index (χ4n) is 2.42. The topological polar surface area (TPSA) is 62.3 Å². The molecule has 1 aliphatic heterocycles. The van der Waals surface area contributed by atoms with Gasteiger partial charge in [0.2, 0.25) is 0 Å². The molecule has 1 saturated heterocycles. The summed E-state index contributed by atoms with van der Waals surface area (Å²) in [6.45, 7) is 2.77. The average molecular weight is 283 g/mol. The highest BCUT2D eigenvalue weighted by Gasteiger charge is 2.31. The van der Waals surface area contributed by atoms with Crippen molar-refractivity contribution in [2.75, 3.05) is 30.5 Å². The molecule has 2 rings (SSSR count). The van der Waals surface area contributed by atoms with Crippen molar-refractivity contribution in [1.82, 2.24) is 10.3 Å². The highest BCUT2D eigenvalue weighted by molar-refractivity contribution is 7.91. The van der Waals surface area contributed by atoms with Crippen molar-refractivity contribution in [3.8, 4) is 0 Å². The van der Waals surface area contributed by atoms with E-state index in [-0.39, 0.29) is 11.8 Å². The van der Waals surface area contributed by atoms with E-state index in [2.05, 4.69) is 10.3 Å². The van der Waals surface area contributed by atoms with Crippen molar-refractivity contribution in [1.29, 1.82) is 0 Å². The third-order valence-corrected chi connectivity index (χ3v) is 5.42. The quantitative estimate of drug-likeness (QED) is 0.883. The summed E-state index contributed by atoms with van der Waals surface area (Å²) in [5, 5.41) is 3.11. The standard InChI is InChI=1S/C13H21N3O2S/c1-10-11(8-14-2)4-5-13(15-10)16(3)12-6-7-19(17,18)9-12/h4-5,12,14H,6-9H2,1-3H3. The van der Waals surface area contributed by atoms with Gasteiger partial charge in [0.25, 0.3) is 0 Å². The number of nitrogens with zero attached hydrogens (tertiary/aromatic N) is 2. The molecule has 1 N–H and O–H groups in total. The Balaban J connectivity index is 2.16. The maximum absolute atomic E-state index is 11.5. The van der Waals surface area contributed by atoms with Crippen LogP contribution in [0.3, 0.4) is 0 Å². The predicted molar refractivity (Wildman–Crippen MR) is 77.2 cm³/mol.